The lowest BCUT2D eigenvalue weighted by atomic mass is 9.94. The number of ketones is 1. The molecule has 1 unspecified atom stereocenters. The first-order valence-electron chi connectivity index (χ1n) is 12.1. The van der Waals surface area contributed by atoms with E-state index in [9.17, 15) is 14.7 Å². The van der Waals surface area contributed by atoms with Crippen molar-refractivity contribution in [1.82, 2.24) is 4.90 Å². The summed E-state index contributed by atoms with van der Waals surface area (Å²) in [7, 11) is 3.14. The molecule has 7 nitrogen and oxygen atoms in total. The second-order valence-corrected chi connectivity index (χ2v) is 10.1. The minimum atomic E-state index is -0.769. The van der Waals surface area contributed by atoms with Crippen LogP contribution in [0.1, 0.15) is 33.3 Å². The average Bonchev–Trinajstić information content (AvgIpc) is 3.45. The molecule has 1 aliphatic heterocycles. The number of benzene rings is 3. The molecule has 0 fully saturated rings. The van der Waals surface area contributed by atoms with Gasteiger partial charge < -0.3 is 23.9 Å². The van der Waals surface area contributed by atoms with Crippen LogP contribution in [0.3, 0.4) is 0 Å². The second kappa shape index (κ2) is 10.4. The van der Waals surface area contributed by atoms with Crippen molar-refractivity contribution in [2.45, 2.75) is 19.4 Å². The fraction of sp³-hybridized carbons (Fsp3) is 0.200. The van der Waals surface area contributed by atoms with Crippen molar-refractivity contribution in [3.8, 4) is 11.5 Å². The number of aryl methyl sites for hydroxylation is 1. The van der Waals surface area contributed by atoms with Gasteiger partial charge in [0.15, 0.2) is 23.0 Å². The van der Waals surface area contributed by atoms with Gasteiger partial charge in [-0.2, -0.15) is 0 Å². The van der Waals surface area contributed by atoms with Gasteiger partial charge in [0.1, 0.15) is 5.58 Å². The van der Waals surface area contributed by atoms with Gasteiger partial charge in [-0.1, -0.05) is 51.8 Å². The molecule has 1 atom stereocenters. The summed E-state index contributed by atoms with van der Waals surface area (Å²) in [5, 5.41) is 11.7. The van der Waals surface area contributed by atoms with Crippen molar-refractivity contribution in [3.63, 3.8) is 0 Å². The van der Waals surface area contributed by atoms with Gasteiger partial charge in [0.2, 0.25) is 5.78 Å². The lowest BCUT2D eigenvalue weighted by molar-refractivity contribution is -0.129. The lowest BCUT2D eigenvalue weighted by Crippen LogP contribution is -2.33. The standard InChI is InChI=1S/C30H26BrNO6/c1-17-5-4-6-19(13-17)27-26(28(33)25-16-20-15-21(31)8-10-22(20)38-25)29(34)30(35)32(27)12-11-18-7-9-23(36-2)24(14-18)37-3/h4-10,13-16,27,34H,11-12H2,1-3H3. The van der Waals surface area contributed by atoms with Crippen molar-refractivity contribution >= 4 is 38.6 Å². The Morgan fingerprint density at radius 3 is 2.55 bits per heavy atom. The molecule has 38 heavy (non-hydrogen) atoms. The smallest absolute Gasteiger partial charge is 0.290 e. The summed E-state index contributed by atoms with van der Waals surface area (Å²) >= 11 is 3.43. The monoisotopic (exact) mass is 575 g/mol. The summed E-state index contributed by atoms with van der Waals surface area (Å²) < 4.78 is 17.4. The minimum absolute atomic E-state index is 0.00559. The van der Waals surface area contributed by atoms with Crippen LogP contribution in [0.4, 0.5) is 0 Å². The summed E-state index contributed by atoms with van der Waals surface area (Å²) in [6.45, 7) is 2.21. The number of furan rings is 1. The van der Waals surface area contributed by atoms with Gasteiger partial charge in [0.05, 0.1) is 25.8 Å². The fourth-order valence-electron chi connectivity index (χ4n) is 4.85. The van der Waals surface area contributed by atoms with E-state index < -0.39 is 23.5 Å². The molecule has 5 rings (SSSR count). The molecule has 2 heterocycles. The average molecular weight is 576 g/mol. The van der Waals surface area contributed by atoms with Gasteiger partial charge in [-0.05, 0) is 60.9 Å². The highest BCUT2D eigenvalue weighted by Gasteiger charge is 2.44. The molecule has 1 aromatic heterocycles. The van der Waals surface area contributed by atoms with E-state index in [0.717, 1.165) is 26.5 Å². The van der Waals surface area contributed by atoms with Crippen molar-refractivity contribution in [2.75, 3.05) is 20.8 Å². The Bertz CT molecular complexity index is 1590. The zero-order valence-electron chi connectivity index (χ0n) is 21.2. The molecule has 8 heteroatoms. The molecular weight excluding hydrogens is 550 g/mol. The van der Waals surface area contributed by atoms with Crippen LogP contribution in [0.5, 0.6) is 11.5 Å². The highest BCUT2D eigenvalue weighted by molar-refractivity contribution is 9.10. The van der Waals surface area contributed by atoms with Gasteiger partial charge in [-0.15, -0.1) is 0 Å². The third kappa shape index (κ3) is 4.67. The van der Waals surface area contributed by atoms with E-state index in [1.54, 1.807) is 26.4 Å². The number of nitrogens with zero attached hydrogens (tertiary/aromatic N) is 1. The molecule has 0 aliphatic carbocycles. The Morgan fingerprint density at radius 1 is 1.03 bits per heavy atom. The number of methoxy groups -OCH3 is 2. The van der Waals surface area contributed by atoms with E-state index in [4.69, 9.17) is 13.9 Å². The Morgan fingerprint density at radius 2 is 1.82 bits per heavy atom. The number of aliphatic hydroxyl groups is 1. The molecule has 0 radical (unpaired) electrons. The topological polar surface area (TPSA) is 89.2 Å². The molecule has 0 bridgehead atoms. The Balaban J connectivity index is 1.51. The quantitative estimate of drug-likeness (QED) is 0.246. The normalized spacial score (nSPS) is 15.4. The maximum absolute atomic E-state index is 13.8. The van der Waals surface area contributed by atoms with Crippen LogP contribution < -0.4 is 9.47 Å². The molecular formula is C30H26BrNO6. The maximum atomic E-state index is 13.8. The lowest BCUT2D eigenvalue weighted by Gasteiger charge is -2.27. The first-order valence-corrected chi connectivity index (χ1v) is 12.9. The SMILES string of the molecule is COc1ccc(CCN2C(=O)C(O)=C(C(=O)c3cc4cc(Br)ccc4o3)C2c2cccc(C)c2)cc1OC. The molecule has 1 amide bonds. The van der Waals surface area contributed by atoms with Crippen molar-refractivity contribution in [2.24, 2.45) is 0 Å². The Labute approximate surface area is 228 Å². The van der Waals surface area contributed by atoms with E-state index in [0.29, 0.717) is 23.5 Å². The van der Waals surface area contributed by atoms with Crippen LogP contribution in [0.15, 0.2) is 87.0 Å². The predicted octanol–water partition coefficient (Wildman–Crippen LogP) is 6.34. The zero-order chi connectivity index (χ0) is 27.0. The molecule has 1 N–H and O–H groups in total. The van der Waals surface area contributed by atoms with Crippen molar-refractivity contribution in [1.29, 1.82) is 0 Å². The van der Waals surface area contributed by atoms with Crippen molar-refractivity contribution < 1.29 is 28.6 Å². The number of amides is 1. The van der Waals surface area contributed by atoms with Gasteiger partial charge in [-0.25, -0.2) is 0 Å². The molecule has 0 saturated heterocycles. The third-order valence-electron chi connectivity index (χ3n) is 6.70. The summed E-state index contributed by atoms with van der Waals surface area (Å²) in [4.78, 5) is 28.7. The summed E-state index contributed by atoms with van der Waals surface area (Å²) in [5.74, 6) is -0.428. The number of hydrogen-bond donors (Lipinski definition) is 1. The van der Waals surface area contributed by atoms with E-state index in [1.807, 2.05) is 61.5 Å². The van der Waals surface area contributed by atoms with Gasteiger partial charge >= 0.3 is 0 Å². The molecule has 194 valence electrons. The number of hydrogen-bond acceptors (Lipinski definition) is 6. The first-order chi connectivity index (χ1) is 18.3. The van der Waals surface area contributed by atoms with Crippen LogP contribution in [0.2, 0.25) is 0 Å². The van der Waals surface area contributed by atoms with Gasteiger partial charge in [0.25, 0.3) is 5.91 Å². The number of carbonyl (C=O) groups is 2. The summed E-state index contributed by atoms with van der Waals surface area (Å²) in [5.41, 5.74) is 3.17. The van der Waals surface area contributed by atoms with Gasteiger partial charge in [-0.3, -0.25) is 9.59 Å². The fourth-order valence-corrected chi connectivity index (χ4v) is 5.23. The number of carbonyl (C=O) groups excluding carboxylic acids is 2. The molecule has 1 aliphatic rings. The first kappa shape index (κ1) is 25.6. The highest BCUT2D eigenvalue weighted by atomic mass is 79.9. The van der Waals surface area contributed by atoms with E-state index >= 15 is 0 Å². The third-order valence-corrected chi connectivity index (χ3v) is 7.19. The summed E-state index contributed by atoms with van der Waals surface area (Å²) in [6.07, 6.45) is 0.474. The van der Waals surface area contributed by atoms with E-state index in [-0.39, 0.29) is 17.9 Å². The number of aliphatic hydroxyl groups excluding tert-OH is 1. The number of ether oxygens (including phenoxy) is 2. The van der Waals surface area contributed by atoms with Crippen molar-refractivity contribution in [3.05, 3.63) is 105 Å². The maximum Gasteiger partial charge on any atom is 0.290 e. The number of rotatable bonds is 8. The van der Waals surface area contributed by atoms with Crippen LogP contribution in [-0.2, 0) is 11.2 Å². The van der Waals surface area contributed by atoms with E-state index in [2.05, 4.69) is 15.9 Å². The van der Waals surface area contributed by atoms with E-state index in [1.165, 1.54) is 4.90 Å². The second-order valence-electron chi connectivity index (χ2n) is 9.14. The van der Waals surface area contributed by atoms with Crippen LogP contribution in [0, 0.1) is 6.92 Å². The molecule has 3 aromatic carbocycles. The zero-order valence-corrected chi connectivity index (χ0v) is 22.7. The number of fused-ring (bicyclic) bond motifs is 1. The number of Topliss-reactive ketones (excluding diaryl/α,β-unsaturated/α-hetero) is 1. The highest BCUT2D eigenvalue weighted by Crippen LogP contribution is 2.40. The van der Waals surface area contributed by atoms with Gasteiger partial charge in [0, 0.05) is 16.4 Å². The molecule has 0 saturated carbocycles. The largest absolute Gasteiger partial charge is 0.503 e. The predicted molar refractivity (Wildman–Crippen MR) is 147 cm³/mol. The van der Waals surface area contributed by atoms with Crippen LogP contribution >= 0.6 is 15.9 Å². The summed E-state index contributed by atoms with van der Waals surface area (Å²) in [6, 6.07) is 19.4. The molecule has 4 aromatic rings. The van der Waals surface area contributed by atoms with Crippen LogP contribution in [-0.4, -0.2) is 42.5 Å². The Kier molecular flexibility index (Phi) is 6.99. The van der Waals surface area contributed by atoms with Crippen LogP contribution in [0.25, 0.3) is 11.0 Å². The number of halogens is 1. The minimum Gasteiger partial charge on any atom is -0.503 e. The Hall–Kier alpha value is -4.04. The molecule has 0 spiro atoms.